The van der Waals surface area contributed by atoms with Gasteiger partial charge in [0, 0.05) is 17.5 Å². The van der Waals surface area contributed by atoms with Crippen LogP contribution < -0.4 is 5.73 Å². The second kappa shape index (κ2) is 4.35. The number of anilines is 1. The van der Waals surface area contributed by atoms with Gasteiger partial charge in [0.1, 0.15) is 0 Å². The molecule has 0 bridgehead atoms. The van der Waals surface area contributed by atoms with Gasteiger partial charge in [-0.2, -0.15) is 0 Å². The summed E-state index contributed by atoms with van der Waals surface area (Å²) in [5.41, 5.74) is 10.7. The van der Waals surface area contributed by atoms with Crippen LogP contribution in [0.3, 0.4) is 0 Å². The number of hydrogen-bond donors (Lipinski definition) is 1. The lowest BCUT2D eigenvalue weighted by molar-refractivity contribution is 1.10. The molecule has 2 heterocycles. The van der Waals surface area contributed by atoms with E-state index in [2.05, 4.69) is 54.4 Å². The zero-order valence-electron chi connectivity index (χ0n) is 11.7. The van der Waals surface area contributed by atoms with Crippen molar-refractivity contribution in [1.82, 2.24) is 9.38 Å². The Bertz CT molecular complexity index is 928. The summed E-state index contributed by atoms with van der Waals surface area (Å²) in [6.45, 7) is 2.05. The van der Waals surface area contributed by atoms with E-state index in [1.807, 2.05) is 22.7 Å². The van der Waals surface area contributed by atoms with Gasteiger partial charge in [-0.25, -0.2) is 4.98 Å². The van der Waals surface area contributed by atoms with Crippen molar-refractivity contribution in [3.8, 4) is 11.3 Å². The molecule has 0 radical (unpaired) electrons. The molecular formula is C18H15N3. The van der Waals surface area contributed by atoms with Crippen LogP contribution in [0.25, 0.3) is 27.7 Å². The van der Waals surface area contributed by atoms with E-state index in [0.29, 0.717) is 5.69 Å². The number of nitrogen functional groups attached to an aromatic ring is 1. The third kappa shape index (κ3) is 1.86. The quantitative estimate of drug-likeness (QED) is 0.568. The Morgan fingerprint density at radius 1 is 0.952 bits per heavy atom. The van der Waals surface area contributed by atoms with E-state index in [-0.39, 0.29) is 0 Å². The molecule has 4 rings (SSSR count). The summed E-state index contributed by atoms with van der Waals surface area (Å²) in [5.74, 6) is 0. The largest absolute Gasteiger partial charge is 0.396 e. The zero-order chi connectivity index (χ0) is 14.4. The lowest BCUT2D eigenvalue weighted by Crippen LogP contribution is -1.94. The fourth-order valence-electron chi connectivity index (χ4n) is 2.71. The molecule has 0 unspecified atom stereocenters. The first-order valence-corrected chi connectivity index (χ1v) is 6.96. The Kier molecular flexibility index (Phi) is 2.48. The highest BCUT2D eigenvalue weighted by Gasteiger charge is 2.08. The summed E-state index contributed by atoms with van der Waals surface area (Å²) in [6.07, 6.45) is 2.05. The highest BCUT2D eigenvalue weighted by Crippen LogP contribution is 2.26. The Morgan fingerprint density at radius 2 is 1.76 bits per heavy atom. The molecule has 4 aromatic rings. The van der Waals surface area contributed by atoms with Gasteiger partial charge in [-0.05, 0) is 35.9 Å². The maximum absolute atomic E-state index is 6.02. The number of benzene rings is 2. The summed E-state index contributed by atoms with van der Waals surface area (Å²) in [5, 5.41) is 2.46. The molecule has 0 aliphatic rings. The Hall–Kier alpha value is -2.81. The van der Waals surface area contributed by atoms with Gasteiger partial charge in [-0.15, -0.1) is 0 Å². The van der Waals surface area contributed by atoms with Crippen molar-refractivity contribution in [2.75, 3.05) is 5.73 Å². The van der Waals surface area contributed by atoms with Crippen LogP contribution in [0.15, 0.2) is 60.8 Å². The Balaban J connectivity index is 1.95. The third-order valence-corrected chi connectivity index (χ3v) is 3.89. The predicted octanol–water partition coefficient (Wildman–Crippen LogP) is 4.05. The number of aromatic nitrogens is 2. The average Bonchev–Trinajstić information content (AvgIpc) is 2.97. The van der Waals surface area contributed by atoms with Crippen LogP contribution >= 0.6 is 0 Å². The average molecular weight is 273 g/mol. The van der Waals surface area contributed by atoms with Crippen LogP contribution in [0.2, 0.25) is 0 Å². The van der Waals surface area contributed by atoms with Crippen LogP contribution in [0.4, 0.5) is 5.69 Å². The van der Waals surface area contributed by atoms with Gasteiger partial charge in [-0.3, -0.25) is 0 Å². The fourth-order valence-corrected chi connectivity index (χ4v) is 2.71. The number of fused-ring (bicyclic) bond motifs is 2. The van der Waals surface area contributed by atoms with E-state index in [1.165, 1.54) is 10.8 Å². The lowest BCUT2D eigenvalue weighted by Gasteiger charge is -2.00. The number of rotatable bonds is 1. The third-order valence-electron chi connectivity index (χ3n) is 3.89. The van der Waals surface area contributed by atoms with Gasteiger partial charge in [-0.1, -0.05) is 36.4 Å². The first-order valence-electron chi connectivity index (χ1n) is 6.96. The molecule has 0 fully saturated rings. The molecule has 102 valence electrons. The van der Waals surface area contributed by atoms with Crippen LogP contribution in [0.1, 0.15) is 5.69 Å². The Morgan fingerprint density at radius 3 is 2.57 bits per heavy atom. The monoisotopic (exact) mass is 273 g/mol. The van der Waals surface area contributed by atoms with Crippen molar-refractivity contribution in [1.29, 1.82) is 0 Å². The van der Waals surface area contributed by atoms with Crippen LogP contribution in [0.5, 0.6) is 0 Å². The molecule has 0 saturated carbocycles. The number of hydrogen-bond acceptors (Lipinski definition) is 2. The second-order valence-corrected chi connectivity index (χ2v) is 5.31. The summed E-state index contributed by atoms with van der Waals surface area (Å²) >= 11 is 0. The minimum absolute atomic E-state index is 0.702. The van der Waals surface area contributed by atoms with Crippen molar-refractivity contribution in [3.05, 3.63) is 66.5 Å². The summed E-state index contributed by atoms with van der Waals surface area (Å²) in [6, 6.07) is 18.7. The van der Waals surface area contributed by atoms with Crippen LogP contribution in [-0.4, -0.2) is 9.38 Å². The standard InChI is InChI=1S/C18H15N3/c1-12-6-9-16(19)18-20-17(11-21(12)18)15-8-7-13-4-2-3-5-14(13)10-15/h2-11H,19H2,1H3. The van der Waals surface area contributed by atoms with Crippen LogP contribution in [-0.2, 0) is 0 Å². The van der Waals surface area contributed by atoms with Gasteiger partial charge in [0.2, 0.25) is 0 Å². The van der Waals surface area contributed by atoms with Gasteiger partial charge in [0.15, 0.2) is 5.65 Å². The molecule has 3 heteroatoms. The SMILES string of the molecule is Cc1ccc(N)c2nc(-c3ccc4ccccc4c3)cn12. The first-order chi connectivity index (χ1) is 10.2. The normalized spacial score (nSPS) is 11.3. The molecule has 0 spiro atoms. The molecule has 21 heavy (non-hydrogen) atoms. The van der Waals surface area contributed by atoms with E-state index < -0.39 is 0 Å². The highest BCUT2D eigenvalue weighted by atomic mass is 15.0. The van der Waals surface area contributed by atoms with E-state index in [1.54, 1.807) is 0 Å². The maximum atomic E-state index is 6.02. The molecule has 0 atom stereocenters. The van der Waals surface area contributed by atoms with Gasteiger partial charge < -0.3 is 10.1 Å². The van der Waals surface area contributed by atoms with Crippen molar-refractivity contribution >= 4 is 22.1 Å². The lowest BCUT2D eigenvalue weighted by atomic mass is 10.1. The van der Waals surface area contributed by atoms with E-state index >= 15 is 0 Å². The summed E-state index contributed by atoms with van der Waals surface area (Å²) in [7, 11) is 0. The molecule has 2 aromatic carbocycles. The van der Waals surface area contributed by atoms with Crippen LogP contribution in [0, 0.1) is 6.92 Å². The van der Waals surface area contributed by atoms with Crippen molar-refractivity contribution < 1.29 is 0 Å². The minimum atomic E-state index is 0.702. The zero-order valence-corrected chi connectivity index (χ0v) is 11.7. The molecule has 0 aliphatic carbocycles. The smallest absolute Gasteiger partial charge is 0.160 e. The fraction of sp³-hybridized carbons (Fsp3) is 0.0556. The van der Waals surface area contributed by atoms with Gasteiger partial charge in [0.05, 0.1) is 11.4 Å². The topological polar surface area (TPSA) is 43.3 Å². The summed E-state index contributed by atoms with van der Waals surface area (Å²) < 4.78 is 2.04. The number of imidazole rings is 1. The number of nitrogens with two attached hydrogens (primary N) is 1. The molecule has 0 saturated heterocycles. The van der Waals surface area contributed by atoms with Gasteiger partial charge >= 0.3 is 0 Å². The Labute approximate surface area is 122 Å². The van der Waals surface area contributed by atoms with E-state index in [4.69, 9.17) is 5.73 Å². The number of pyridine rings is 1. The van der Waals surface area contributed by atoms with Crippen molar-refractivity contribution in [2.45, 2.75) is 6.92 Å². The predicted molar refractivity (Wildman–Crippen MR) is 87.3 cm³/mol. The molecule has 2 N–H and O–H groups in total. The van der Waals surface area contributed by atoms with Crippen molar-refractivity contribution in [3.63, 3.8) is 0 Å². The molecular weight excluding hydrogens is 258 g/mol. The van der Waals surface area contributed by atoms with E-state index in [9.17, 15) is 0 Å². The van der Waals surface area contributed by atoms with Crippen molar-refractivity contribution in [2.24, 2.45) is 0 Å². The molecule has 0 amide bonds. The molecule has 0 aliphatic heterocycles. The minimum Gasteiger partial charge on any atom is -0.396 e. The van der Waals surface area contributed by atoms with Gasteiger partial charge in [0.25, 0.3) is 0 Å². The second-order valence-electron chi connectivity index (χ2n) is 5.31. The highest BCUT2D eigenvalue weighted by molar-refractivity contribution is 5.87. The molecule has 2 aromatic heterocycles. The van der Waals surface area contributed by atoms with E-state index in [0.717, 1.165) is 22.6 Å². The summed E-state index contributed by atoms with van der Waals surface area (Å²) in [4.78, 5) is 4.69. The number of aryl methyl sites for hydroxylation is 1. The maximum Gasteiger partial charge on any atom is 0.160 e. The first kappa shape index (κ1) is 12.0. The molecule has 3 nitrogen and oxygen atoms in total. The number of nitrogens with zero attached hydrogens (tertiary/aromatic N) is 2.